The summed E-state index contributed by atoms with van der Waals surface area (Å²) in [5.74, 6) is 0.850. The lowest BCUT2D eigenvalue weighted by atomic mass is 9.86. The standard InChI is InChI=1S/C13H27NO/c1-10-6-5-7-11(8-10)14-9-12(15)13(2,3)4/h10-12,14-15H,5-9H2,1-4H3. The number of aliphatic hydroxyl groups is 1. The van der Waals surface area contributed by atoms with Gasteiger partial charge in [0.25, 0.3) is 0 Å². The summed E-state index contributed by atoms with van der Waals surface area (Å²) in [5.41, 5.74) is -0.00666. The highest BCUT2D eigenvalue weighted by atomic mass is 16.3. The second-order valence-electron chi connectivity index (χ2n) is 6.26. The molecule has 0 spiro atoms. The van der Waals surface area contributed by atoms with Gasteiger partial charge in [0.2, 0.25) is 0 Å². The molecule has 0 aromatic heterocycles. The van der Waals surface area contributed by atoms with E-state index in [0.717, 1.165) is 12.5 Å². The van der Waals surface area contributed by atoms with E-state index in [1.54, 1.807) is 0 Å². The van der Waals surface area contributed by atoms with Gasteiger partial charge in [-0.05, 0) is 24.2 Å². The Morgan fingerprint density at radius 1 is 1.33 bits per heavy atom. The number of rotatable bonds is 3. The van der Waals surface area contributed by atoms with E-state index in [0.29, 0.717) is 6.04 Å². The predicted molar refractivity (Wildman–Crippen MR) is 64.9 cm³/mol. The number of hydrogen-bond acceptors (Lipinski definition) is 2. The molecular weight excluding hydrogens is 186 g/mol. The first-order valence-corrected chi connectivity index (χ1v) is 6.31. The van der Waals surface area contributed by atoms with E-state index >= 15 is 0 Å². The maximum Gasteiger partial charge on any atom is 0.0712 e. The van der Waals surface area contributed by atoms with Crippen LogP contribution in [-0.4, -0.2) is 23.8 Å². The molecule has 0 aliphatic heterocycles. The van der Waals surface area contributed by atoms with E-state index in [1.165, 1.54) is 25.7 Å². The normalized spacial score (nSPS) is 30.2. The zero-order valence-electron chi connectivity index (χ0n) is 10.7. The second kappa shape index (κ2) is 5.31. The molecule has 2 heteroatoms. The Balaban J connectivity index is 2.24. The Morgan fingerprint density at radius 3 is 2.53 bits per heavy atom. The van der Waals surface area contributed by atoms with Gasteiger partial charge in [-0.1, -0.05) is 40.5 Å². The van der Waals surface area contributed by atoms with Crippen molar-refractivity contribution in [2.75, 3.05) is 6.54 Å². The van der Waals surface area contributed by atoms with Crippen LogP contribution in [0.2, 0.25) is 0 Å². The fraction of sp³-hybridized carbons (Fsp3) is 1.00. The topological polar surface area (TPSA) is 32.3 Å². The Bertz CT molecular complexity index is 185. The third-order valence-electron chi connectivity index (χ3n) is 3.54. The fourth-order valence-electron chi connectivity index (χ4n) is 2.20. The highest BCUT2D eigenvalue weighted by Gasteiger charge is 2.24. The van der Waals surface area contributed by atoms with Gasteiger partial charge < -0.3 is 10.4 Å². The average Bonchev–Trinajstić information content (AvgIpc) is 2.12. The highest BCUT2D eigenvalue weighted by molar-refractivity contribution is 4.80. The van der Waals surface area contributed by atoms with Gasteiger partial charge in [0.05, 0.1) is 6.10 Å². The maximum absolute atomic E-state index is 9.92. The zero-order valence-corrected chi connectivity index (χ0v) is 10.7. The molecule has 1 aliphatic carbocycles. The molecule has 0 aromatic rings. The molecule has 0 bridgehead atoms. The Kier molecular flexibility index (Phi) is 4.60. The summed E-state index contributed by atoms with van der Waals surface area (Å²) in [6.45, 7) is 9.32. The van der Waals surface area contributed by atoms with E-state index in [-0.39, 0.29) is 11.5 Å². The van der Waals surface area contributed by atoms with Crippen LogP contribution in [-0.2, 0) is 0 Å². The molecule has 2 nitrogen and oxygen atoms in total. The average molecular weight is 213 g/mol. The molecule has 15 heavy (non-hydrogen) atoms. The first kappa shape index (κ1) is 13.0. The van der Waals surface area contributed by atoms with Crippen LogP contribution >= 0.6 is 0 Å². The summed E-state index contributed by atoms with van der Waals surface area (Å²) in [6.07, 6.45) is 5.03. The van der Waals surface area contributed by atoms with Gasteiger partial charge in [-0.2, -0.15) is 0 Å². The van der Waals surface area contributed by atoms with Gasteiger partial charge in [-0.15, -0.1) is 0 Å². The molecule has 2 N–H and O–H groups in total. The van der Waals surface area contributed by atoms with E-state index in [9.17, 15) is 5.11 Å². The maximum atomic E-state index is 9.92. The monoisotopic (exact) mass is 213 g/mol. The van der Waals surface area contributed by atoms with Crippen LogP contribution in [0.4, 0.5) is 0 Å². The van der Waals surface area contributed by atoms with Crippen molar-refractivity contribution in [3.8, 4) is 0 Å². The molecular formula is C13H27NO. The first-order valence-electron chi connectivity index (χ1n) is 6.31. The molecule has 90 valence electrons. The van der Waals surface area contributed by atoms with Gasteiger partial charge in [-0.25, -0.2) is 0 Å². The Labute approximate surface area is 94.5 Å². The minimum Gasteiger partial charge on any atom is -0.391 e. The van der Waals surface area contributed by atoms with Crippen LogP contribution in [0.5, 0.6) is 0 Å². The molecule has 3 unspecified atom stereocenters. The smallest absolute Gasteiger partial charge is 0.0712 e. The van der Waals surface area contributed by atoms with Crippen LogP contribution in [0.15, 0.2) is 0 Å². The van der Waals surface area contributed by atoms with Gasteiger partial charge in [0.15, 0.2) is 0 Å². The molecule has 0 saturated heterocycles. The Morgan fingerprint density at radius 2 is 2.00 bits per heavy atom. The summed E-state index contributed by atoms with van der Waals surface area (Å²) in [6, 6.07) is 0.630. The van der Waals surface area contributed by atoms with E-state index in [1.807, 2.05) is 0 Å². The first-order chi connectivity index (χ1) is 6.89. The van der Waals surface area contributed by atoms with E-state index < -0.39 is 0 Å². The van der Waals surface area contributed by atoms with Gasteiger partial charge in [0, 0.05) is 12.6 Å². The third kappa shape index (κ3) is 4.52. The van der Waals surface area contributed by atoms with Crippen molar-refractivity contribution < 1.29 is 5.11 Å². The largest absolute Gasteiger partial charge is 0.391 e. The number of aliphatic hydroxyl groups excluding tert-OH is 1. The van der Waals surface area contributed by atoms with Crippen molar-refractivity contribution >= 4 is 0 Å². The summed E-state index contributed by atoms with van der Waals surface area (Å²) in [4.78, 5) is 0. The highest BCUT2D eigenvalue weighted by Crippen LogP contribution is 2.24. The SMILES string of the molecule is CC1CCCC(NCC(O)C(C)(C)C)C1. The molecule has 1 rings (SSSR count). The zero-order chi connectivity index (χ0) is 11.5. The molecule has 1 aliphatic rings. The van der Waals surface area contributed by atoms with Gasteiger partial charge in [0.1, 0.15) is 0 Å². The summed E-state index contributed by atoms with van der Waals surface area (Å²) in [5, 5.41) is 13.4. The van der Waals surface area contributed by atoms with Crippen molar-refractivity contribution in [3.63, 3.8) is 0 Å². The van der Waals surface area contributed by atoms with Crippen LogP contribution in [0.1, 0.15) is 53.4 Å². The van der Waals surface area contributed by atoms with Crippen molar-refractivity contribution in [3.05, 3.63) is 0 Å². The van der Waals surface area contributed by atoms with Crippen LogP contribution in [0.25, 0.3) is 0 Å². The quantitative estimate of drug-likeness (QED) is 0.755. The molecule has 3 atom stereocenters. The second-order valence-corrected chi connectivity index (χ2v) is 6.26. The lowest BCUT2D eigenvalue weighted by molar-refractivity contribution is 0.0582. The lowest BCUT2D eigenvalue weighted by Gasteiger charge is -2.31. The summed E-state index contributed by atoms with van der Waals surface area (Å²) < 4.78 is 0. The van der Waals surface area contributed by atoms with Gasteiger partial charge in [-0.3, -0.25) is 0 Å². The van der Waals surface area contributed by atoms with Crippen molar-refractivity contribution in [1.29, 1.82) is 0 Å². The molecule has 1 fully saturated rings. The summed E-state index contributed by atoms with van der Waals surface area (Å²) in [7, 11) is 0. The molecule has 0 radical (unpaired) electrons. The van der Waals surface area contributed by atoms with Gasteiger partial charge >= 0.3 is 0 Å². The fourth-order valence-corrected chi connectivity index (χ4v) is 2.20. The summed E-state index contributed by atoms with van der Waals surface area (Å²) >= 11 is 0. The van der Waals surface area contributed by atoms with Crippen molar-refractivity contribution in [1.82, 2.24) is 5.32 Å². The lowest BCUT2D eigenvalue weighted by Crippen LogP contribution is -2.42. The van der Waals surface area contributed by atoms with Crippen LogP contribution in [0, 0.1) is 11.3 Å². The third-order valence-corrected chi connectivity index (χ3v) is 3.54. The number of nitrogens with one attached hydrogen (secondary N) is 1. The molecule has 0 heterocycles. The minimum atomic E-state index is -0.241. The van der Waals surface area contributed by atoms with Crippen molar-refractivity contribution in [2.24, 2.45) is 11.3 Å². The van der Waals surface area contributed by atoms with E-state index in [4.69, 9.17) is 0 Å². The molecule has 0 amide bonds. The van der Waals surface area contributed by atoms with Crippen LogP contribution < -0.4 is 5.32 Å². The Hall–Kier alpha value is -0.0800. The molecule has 0 aromatic carbocycles. The predicted octanol–water partition coefficient (Wildman–Crippen LogP) is 2.56. The van der Waals surface area contributed by atoms with Crippen molar-refractivity contribution in [2.45, 2.75) is 65.5 Å². The minimum absolute atomic E-state index is 0.00666. The van der Waals surface area contributed by atoms with Crippen LogP contribution in [0.3, 0.4) is 0 Å². The molecule has 1 saturated carbocycles. The van der Waals surface area contributed by atoms with E-state index in [2.05, 4.69) is 33.0 Å². The number of hydrogen-bond donors (Lipinski definition) is 2.